The van der Waals surface area contributed by atoms with Gasteiger partial charge in [-0.1, -0.05) is 26.0 Å². The van der Waals surface area contributed by atoms with E-state index in [1.165, 1.54) is 11.1 Å². The summed E-state index contributed by atoms with van der Waals surface area (Å²) < 4.78 is 94.9. The van der Waals surface area contributed by atoms with Crippen LogP contribution in [0.1, 0.15) is 69.4 Å². The third kappa shape index (κ3) is 8.78. The van der Waals surface area contributed by atoms with Crippen molar-refractivity contribution in [3.63, 3.8) is 0 Å². The number of nitrogens with one attached hydrogen (secondary N) is 1. The van der Waals surface area contributed by atoms with E-state index in [0.717, 1.165) is 42.7 Å². The number of benzene rings is 2. The number of anilines is 1. The van der Waals surface area contributed by atoms with Crippen molar-refractivity contribution in [2.24, 2.45) is 0 Å². The first-order valence-electron chi connectivity index (χ1n) is 15.8. The zero-order valence-electron chi connectivity index (χ0n) is 28.6. The van der Waals surface area contributed by atoms with Crippen LogP contribution in [0.25, 0.3) is 0 Å². The Balaban J connectivity index is 0.000000254. The predicted molar refractivity (Wildman–Crippen MR) is 171 cm³/mol. The summed E-state index contributed by atoms with van der Waals surface area (Å²) in [7, 11) is 0.719. The fourth-order valence-electron chi connectivity index (χ4n) is 5.24. The molecule has 0 bridgehead atoms. The van der Waals surface area contributed by atoms with E-state index in [4.69, 9.17) is 18.8 Å². The van der Waals surface area contributed by atoms with Crippen LogP contribution >= 0.6 is 0 Å². The van der Waals surface area contributed by atoms with Gasteiger partial charge in [0.2, 0.25) is 0 Å². The lowest BCUT2D eigenvalue weighted by Crippen LogP contribution is -2.53. The van der Waals surface area contributed by atoms with E-state index in [0.29, 0.717) is 12.1 Å². The number of halogens is 5. The van der Waals surface area contributed by atoms with Crippen molar-refractivity contribution in [1.29, 1.82) is 0 Å². The number of aryl methyl sites for hydroxylation is 1. The maximum Gasteiger partial charge on any atom is 0.498 e. The van der Waals surface area contributed by atoms with Crippen LogP contribution in [0.3, 0.4) is 0 Å². The number of esters is 1. The number of alkyl halides is 3. The number of nitrogens with zero attached hydrogens (tertiary/aromatic N) is 1. The van der Waals surface area contributed by atoms with Crippen molar-refractivity contribution in [2.75, 3.05) is 44.9 Å². The molecule has 3 aliphatic rings. The monoisotopic (exact) mass is 686 g/mol. The molecule has 48 heavy (non-hydrogen) atoms. The van der Waals surface area contributed by atoms with Crippen molar-refractivity contribution in [1.82, 2.24) is 5.32 Å². The smallest absolute Gasteiger partial charge is 0.494 e. The minimum absolute atomic E-state index is 0.0445. The minimum Gasteiger partial charge on any atom is -0.494 e. The highest BCUT2D eigenvalue weighted by atomic mass is 19.4. The summed E-state index contributed by atoms with van der Waals surface area (Å²) in [5.41, 5.74) is 1.63. The molecule has 5 rings (SSSR count). The standard InChI is InChI=1S/C16H23BO3.C15H15F5N2O4.C2H6/c1-11-8-9-13(14-12(11)7-6-10-18-14)17-19-15(2,3)16(4,5)20-17;1-25-12(23)6-21-14(24)13-9(16)4-8(5-10(13)17)22-2-3-26-7-11(22)15(18,19)20;1-2/h8-9H,6-7,10H2,1-5H3;4-5,11H,2-3,6-7H2,1H3,(H,21,24);1-2H3. The number of carbonyl (C=O) groups is 2. The van der Waals surface area contributed by atoms with Gasteiger partial charge in [-0.15, -0.1) is 0 Å². The molecule has 266 valence electrons. The first-order chi connectivity index (χ1) is 22.5. The van der Waals surface area contributed by atoms with Gasteiger partial charge in [-0.2, -0.15) is 13.2 Å². The molecule has 2 saturated heterocycles. The van der Waals surface area contributed by atoms with Crippen molar-refractivity contribution >= 4 is 30.1 Å². The lowest BCUT2D eigenvalue weighted by atomic mass is 9.76. The summed E-state index contributed by atoms with van der Waals surface area (Å²) in [6.07, 6.45) is -2.50. The number of rotatable bonds is 5. The molecule has 2 aromatic carbocycles. The topological polar surface area (TPSA) is 95.6 Å². The Morgan fingerprint density at radius 2 is 1.65 bits per heavy atom. The van der Waals surface area contributed by atoms with Gasteiger partial charge in [-0.25, -0.2) is 8.78 Å². The van der Waals surface area contributed by atoms with E-state index in [2.05, 4.69) is 51.5 Å². The number of hydrogen-bond acceptors (Lipinski definition) is 8. The van der Waals surface area contributed by atoms with Crippen LogP contribution in [0.2, 0.25) is 0 Å². The van der Waals surface area contributed by atoms with Gasteiger partial charge in [0.15, 0.2) is 0 Å². The lowest BCUT2D eigenvalue weighted by Gasteiger charge is -2.38. The molecule has 3 aliphatic heterocycles. The molecule has 0 aliphatic carbocycles. The summed E-state index contributed by atoms with van der Waals surface area (Å²) >= 11 is 0. The van der Waals surface area contributed by atoms with Crippen LogP contribution in [-0.2, 0) is 30.0 Å². The zero-order chi connectivity index (χ0) is 36.0. The van der Waals surface area contributed by atoms with E-state index in [1.54, 1.807) is 0 Å². The van der Waals surface area contributed by atoms with Gasteiger partial charge in [-0.05, 0) is 70.7 Å². The van der Waals surface area contributed by atoms with E-state index < -0.39 is 54.4 Å². The van der Waals surface area contributed by atoms with Crippen LogP contribution in [0.15, 0.2) is 24.3 Å². The lowest BCUT2D eigenvalue weighted by molar-refractivity contribution is -0.167. The Bertz CT molecular complexity index is 1420. The van der Waals surface area contributed by atoms with E-state index >= 15 is 0 Å². The second-order valence-electron chi connectivity index (χ2n) is 12.2. The average molecular weight is 687 g/mol. The molecule has 1 amide bonds. The molecule has 0 saturated carbocycles. The van der Waals surface area contributed by atoms with E-state index in [9.17, 15) is 31.5 Å². The Morgan fingerprint density at radius 1 is 1.04 bits per heavy atom. The molecular formula is C33H44BF5N2O7. The van der Waals surface area contributed by atoms with E-state index in [-0.39, 0.29) is 37.2 Å². The van der Waals surface area contributed by atoms with Crippen LogP contribution in [0.5, 0.6) is 5.75 Å². The predicted octanol–water partition coefficient (Wildman–Crippen LogP) is 5.28. The fourth-order valence-corrected chi connectivity index (χ4v) is 5.24. The van der Waals surface area contributed by atoms with Crippen LogP contribution in [0, 0.1) is 18.6 Å². The van der Waals surface area contributed by atoms with Gasteiger partial charge in [0.25, 0.3) is 5.91 Å². The number of amides is 1. The summed E-state index contributed by atoms with van der Waals surface area (Å²) in [4.78, 5) is 23.5. The number of fused-ring (bicyclic) bond motifs is 1. The van der Waals surface area contributed by atoms with Gasteiger partial charge in [0, 0.05) is 17.7 Å². The SMILES string of the molecule is CC.COC(=O)CNC(=O)c1c(F)cc(N2CCOCC2C(F)(F)F)cc1F.Cc1ccc(B2OC(C)(C)C(C)(C)O2)c2c1CCCO2. The second-order valence-corrected chi connectivity index (χ2v) is 12.2. The summed E-state index contributed by atoms with van der Waals surface area (Å²) in [6, 6.07) is 3.45. The fraction of sp³-hybridized carbons (Fsp3) is 0.576. The maximum absolute atomic E-state index is 14.2. The number of methoxy groups -OCH3 is 1. The Labute approximate surface area is 278 Å². The van der Waals surface area contributed by atoms with Gasteiger partial charge < -0.3 is 33.7 Å². The highest BCUT2D eigenvalue weighted by molar-refractivity contribution is 6.63. The van der Waals surface area contributed by atoms with E-state index in [1.807, 2.05) is 19.2 Å². The third-order valence-electron chi connectivity index (χ3n) is 8.56. The number of ether oxygens (including phenoxy) is 3. The molecule has 1 N–H and O–H groups in total. The number of hydrogen-bond donors (Lipinski definition) is 1. The van der Waals surface area contributed by atoms with Crippen molar-refractivity contribution < 1.29 is 55.1 Å². The van der Waals surface area contributed by atoms with Crippen molar-refractivity contribution in [3.8, 4) is 5.75 Å². The molecule has 0 aromatic heterocycles. The molecule has 9 nitrogen and oxygen atoms in total. The molecule has 3 heterocycles. The number of morpholine rings is 1. The Morgan fingerprint density at radius 3 is 2.21 bits per heavy atom. The molecule has 2 aromatic rings. The minimum atomic E-state index is -4.66. The highest BCUT2D eigenvalue weighted by Crippen LogP contribution is 2.38. The second kappa shape index (κ2) is 15.9. The first-order valence-corrected chi connectivity index (χ1v) is 15.8. The quantitative estimate of drug-likeness (QED) is 0.258. The molecular weight excluding hydrogens is 642 g/mol. The van der Waals surface area contributed by atoms with Gasteiger partial charge in [-0.3, -0.25) is 9.59 Å². The first kappa shape index (κ1) is 39.0. The molecule has 0 radical (unpaired) electrons. The van der Waals surface area contributed by atoms with Gasteiger partial charge in [0.05, 0.1) is 38.1 Å². The van der Waals surface area contributed by atoms with Crippen LogP contribution < -0.4 is 20.4 Å². The molecule has 15 heteroatoms. The Kier molecular flexibility index (Phi) is 12.9. The third-order valence-corrected chi connectivity index (χ3v) is 8.56. The van der Waals surface area contributed by atoms with Crippen LogP contribution in [0.4, 0.5) is 27.6 Å². The van der Waals surface area contributed by atoms with Gasteiger partial charge in [0.1, 0.15) is 35.5 Å². The summed E-state index contributed by atoms with van der Waals surface area (Å²) in [5.74, 6) is -3.79. The highest BCUT2D eigenvalue weighted by Gasteiger charge is 2.53. The molecule has 1 unspecified atom stereocenters. The summed E-state index contributed by atoms with van der Waals surface area (Å²) in [6.45, 7) is 13.7. The van der Waals surface area contributed by atoms with Crippen LogP contribution in [-0.4, -0.2) is 82.4 Å². The average Bonchev–Trinajstić information content (AvgIpc) is 3.26. The maximum atomic E-state index is 14.2. The largest absolute Gasteiger partial charge is 0.498 e. The van der Waals surface area contributed by atoms with Crippen molar-refractivity contribution in [3.05, 3.63) is 52.6 Å². The van der Waals surface area contributed by atoms with Crippen molar-refractivity contribution in [2.45, 2.75) is 84.7 Å². The molecule has 0 spiro atoms. The Hall–Kier alpha value is -3.43. The van der Waals surface area contributed by atoms with Gasteiger partial charge >= 0.3 is 19.3 Å². The summed E-state index contributed by atoms with van der Waals surface area (Å²) in [5, 5.41) is 1.96. The molecule has 2 fully saturated rings. The molecule has 1 atom stereocenters. The zero-order valence-corrected chi connectivity index (χ0v) is 28.6. The number of carbonyl (C=O) groups excluding carboxylic acids is 2. The normalized spacial score (nSPS) is 19.5.